The van der Waals surface area contributed by atoms with Crippen LogP contribution in [0.15, 0.2) is 48.7 Å². The summed E-state index contributed by atoms with van der Waals surface area (Å²) in [6.45, 7) is 5.78. The molecule has 0 saturated heterocycles. The molecule has 0 spiro atoms. The molecule has 146 valence electrons. The highest BCUT2D eigenvalue weighted by Gasteiger charge is 2.16. The molecular formula is C21H24N4O3. The van der Waals surface area contributed by atoms with E-state index in [2.05, 4.69) is 15.7 Å². The molecule has 0 radical (unpaired) electrons. The van der Waals surface area contributed by atoms with Crippen molar-refractivity contribution in [2.75, 3.05) is 7.05 Å². The lowest BCUT2D eigenvalue weighted by Crippen LogP contribution is -2.32. The molecular weight excluding hydrogens is 356 g/mol. The third-order valence-electron chi connectivity index (χ3n) is 4.05. The number of aromatic nitrogens is 2. The van der Waals surface area contributed by atoms with Crippen LogP contribution in [0.4, 0.5) is 4.79 Å². The Morgan fingerprint density at radius 1 is 1.14 bits per heavy atom. The first-order valence-electron chi connectivity index (χ1n) is 9.03. The van der Waals surface area contributed by atoms with Crippen molar-refractivity contribution in [3.8, 4) is 5.69 Å². The monoisotopic (exact) mass is 380 g/mol. The Morgan fingerprint density at radius 2 is 1.89 bits per heavy atom. The Hall–Kier alpha value is -3.35. The normalized spacial score (nSPS) is 11.3. The number of hydrogen-bond donors (Lipinski definition) is 2. The summed E-state index contributed by atoms with van der Waals surface area (Å²) in [4.78, 5) is 23.8. The molecule has 3 aromatic rings. The molecule has 1 aromatic heterocycles. The maximum absolute atomic E-state index is 12.0. The van der Waals surface area contributed by atoms with Crippen LogP contribution in [-0.4, -0.2) is 34.4 Å². The lowest BCUT2D eigenvalue weighted by Gasteiger charge is -2.20. The van der Waals surface area contributed by atoms with E-state index in [1.54, 1.807) is 23.9 Å². The number of carbonyl (C=O) groups excluding carboxylic acids is 2. The van der Waals surface area contributed by atoms with Gasteiger partial charge in [0.1, 0.15) is 5.60 Å². The third kappa shape index (κ3) is 4.49. The smallest absolute Gasteiger partial charge is 0.407 e. The van der Waals surface area contributed by atoms with Gasteiger partial charge in [0.25, 0.3) is 5.91 Å². The molecule has 0 aliphatic heterocycles. The fourth-order valence-electron chi connectivity index (χ4n) is 2.80. The predicted octanol–water partition coefficient (Wildman–Crippen LogP) is 3.41. The lowest BCUT2D eigenvalue weighted by atomic mass is 10.1. The van der Waals surface area contributed by atoms with Gasteiger partial charge in [-0.05, 0) is 50.6 Å². The quantitative estimate of drug-likeness (QED) is 0.726. The number of hydrogen-bond acceptors (Lipinski definition) is 4. The molecule has 2 aromatic carbocycles. The number of fused-ring (bicyclic) bond motifs is 1. The fourth-order valence-corrected chi connectivity index (χ4v) is 2.80. The van der Waals surface area contributed by atoms with Crippen molar-refractivity contribution in [1.29, 1.82) is 0 Å². The minimum Gasteiger partial charge on any atom is -0.444 e. The average molecular weight is 380 g/mol. The third-order valence-corrected chi connectivity index (χ3v) is 4.05. The summed E-state index contributed by atoms with van der Waals surface area (Å²) in [7, 11) is 1.60. The number of para-hydroxylation sites is 1. The van der Waals surface area contributed by atoms with Gasteiger partial charge >= 0.3 is 6.09 Å². The van der Waals surface area contributed by atoms with Crippen LogP contribution in [0.1, 0.15) is 36.7 Å². The number of alkyl carbamates (subject to hydrolysis) is 1. The minimum absolute atomic E-state index is 0.142. The Morgan fingerprint density at radius 3 is 2.61 bits per heavy atom. The summed E-state index contributed by atoms with van der Waals surface area (Å²) in [5.41, 5.74) is 2.55. The topological polar surface area (TPSA) is 85.3 Å². The van der Waals surface area contributed by atoms with Gasteiger partial charge < -0.3 is 15.4 Å². The molecule has 0 aliphatic carbocycles. The summed E-state index contributed by atoms with van der Waals surface area (Å²) in [6.07, 6.45) is 1.40. The molecule has 0 aliphatic rings. The number of carbonyl (C=O) groups is 2. The first kappa shape index (κ1) is 19.4. The molecule has 0 saturated carbocycles. The first-order valence-corrected chi connectivity index (χ1v) is 9.03. The number of nitrogens with zero attached hydrogens (tertiary/aromatic N) is 2. The average Bonchev–Trinajstić information content (AvgIpc) is 3.07. The summed E-state index contributed by atoms with van der Waals surface area (Å²) in [6, 6.07) is 13.0. The van der Waals surface area contributed by atoms with Gasteiger partial charge in [0.05, 0.1) is 11.2 Å². The molecule has 28 heavy (non-hydrogen) atoms. The fraction of sp³-hybridized carbons (Fsp3) is 0.286. The number of rotatable bonds is 4. The number of benzene rings is 2. The highest BCUT2D eigenvalue weighted by molar-refractivity contribution is 5.97. The van der Waals surface area contributed by atoms with Crippen LogP contribution in [0.2, 0.25) is 0 Å². The first-order chi connectivity index (χ1) is 13.3. The maximum Gasteiger partial charge on any atom is 0.407 e. The SMILES string of the molecule is CNC(=O)c1ccc2nn(-c3ccccc3CNC(=O)OC(C)(C)C)cc2c1. The van der Waals surface area contributed by atoms with E-state index in [4.69, 9.17) is 4.74 Å². The zero-order chi connectivity index (χ0) is 20.3. The molecule has 2 N–H and O–H groups in total. The number of amides is 2. The summed E-state index contributed by atoms with van der Waals surface area (Å²) in [5.74, 6) is -0.142. The van der Waals surface area contributed by atoms with Gasteiger partial charge in [-0.2, -0.15) is 5.10 Å². The van der Waals surface area contributed by atoms with E-state index in [0.717, 1.165) is 22.2 Å². The molecule has 0 fully saturated rings. The van der Waals surface area contributed by atoms with Crippen LogP contribution < -0.4 is 10.6 Å². The van der Waals surface area contributed by atoms with Crippen LogP contribution in [0.5, 0.6) is 0 Å². The molecule has 7 nitrogen and oxygen atoms in total. The van der Waals surface area contributed by atoms with E-state index < -0.39 is 11.7 Å². The van der Waals surface area contributed by atoms with Gasteiger partial charge in [-0.25, -0.2) is 9.48 Å². The summed E-state index contributed by atoms with van der Waals surface area (Å²) < 4.78 is 7.04. The predicted molar refractivity (Wildman–Crippen MR) is 108 cm³/mol. The van der Waals surface area contributed by atoms with E-state index in [0.29, 0.717) is 12.1 Å². The zero-order valence-electron chi connectivity index (χ0n) is 16.4. The second-order valence-corrected chi connectivity index (χ2v) is 7.41. The largest absolute Gasteiger partial charge is 0.444 e. The zero-order valence-corrected chi connectivity index (χ0v) is 16.4. The van der Waals surface area contributed by atoms with Crippen LogP contribution in [-0.2, 0) is 11.3 Å². The molecule has 0 unspecified atom stereocenters. The van der Waals surface area contributed by atoms with Crippen molar-refractivity contribution < 1.29 is 14.3 Å². The summed E-state index contributed by atoms with van der Waals surface area (Å²) in [5, 5.41) is 10.8. The van der Waals surface area contributed by atoms with Gasteiger partial charge in [-0.3, -0.25) is 4.79 Å². The minimum atomic E-state index is -0.550. The van der Waals surface area contributed by atoms with E-state index in [1.165, 1.54) is 0 Å². The van der Waals surface area contributed by atoms with E-state index in [9.17, 15) is 9.59 Å². The molecule has 7 heteroatoms. The van der Waals surface area contributed by atoms with E-state index >= 15 is 0 Å². The Labute approximate surface area is 163 Å². The summed E-state index contributed by atoms with van der Waals surface area (Å²) >= 11 is 0. The Bertz CT molecular complexity index is 1020. The standard InChI is InChI=1S/C21H24N4O3/c1-21(2,3)28-20(27)23-12-15-7-5-6-8-18(15)25-13-16-11-14(19(26)22-4)9-10-17(16)24-25/h5-11,13H,12H2,1-4H3,(H,22,26)(H,23,27). The van der Waals surface area contributed by atoms with Crippen LogP contribution in [0.3, 0.4) is 0 Å². The van der Waals surface area contributed by atoms with E-state index in [1.807, 2.05) is 57.3 Å². The van der Waals surface area contributed by atoms with Crippen molar-refractivity contribution >= 4 is 22.9 Å². The number of nitrogens with one attached hydrogen (secondary N) is 2. The van der Waals surface area contributed by atoms with E-state index in [-0.39, 0.29) is 5.91 Å². The number of ether oxygens (including phenoxy) is 1. The molecule has 0 bridgehead atoms. The lowest BCUT2D eigenvalue weighted by molar-refractivity contribution is 0.0523. The second-order valence-electron chi connectivity index (χ2n) is 7.41. The van der Waals surface area contributed by atoms with Gasteiger partial charge in [-0.1, -0.05) is 18.2 Å². The van der Waals surface area contributed by atoms with Gasteiger partial charge in [0.15, 0.2) is 0 Å². The molecule has 3 rings (SSSR count). The van der Waals surface area contributed by atoms with Crippen LogP contribution >= 0.6 is 0 Å². The molecule has 2 amide bonds. The van der Waals surface area contributed by atoms with Crippen molar-refractivity contribution in [2.24, 2.45) is 0 Å². The molecule has 0 atom stereocenters. The highest BCUT2D eigenvalue weighted by atomic mass is 16.6. The van der Waals surface area contributed by atoms with Crippen molar-refractivity contribution in [3.63, 3.8) is 0 Å². The van der Waals surface area contributed by atoms with Gasteiger partial charge in [0, 0.05) is 30.7 Å². The highest BCUT2D eigenvalue weighted by Crippen LogP contribution is 2.20. The van der Waals surface area contributed by atoms with Crippen molar-refractivity contribution in [3.05, 3.63) is 59.8 Å². The van der Waals surface area contributed by atoms with Gasteiger partial charge in [0.2, 0.25) is 0 Å². The van der Waals surface area contributed by atoms with Crippen molar-refractivity contribution in [2.45, 2.75) is 32.9 Å². The Balaban J connectivity index is 1.86. The van der Waals surface area contributed by atoms with Gasteiger partial charge in [-0.15, -0.1) is 0 Å². The maximum atomic E-state index is 12.0. The second kappa shape index (κ2) is 7.72. The van der Waals surface area contributed by atoms with Crippen molar-refractivity contribution in [1.82, 2.24) is 20.4 Å². The molecule has 1 heterocycles. The van der Waals surface area contributed by atoms with Crippen LogP contribution in [0.25, 0.3) is 16.6 Å². The van der Waals surface area contributed by atoms with Crippen LogP contribution in [0, 0.1) is 0 Å². The Kier molecular flexibility index (Phi) is 5.35.